The molecule has 0 aromatic heterocycles. The Hall–Kier alpha value is -0.610. The van der Waals surface area contributed by atoms with Crippen LogP contribution in [0.15, 0.2) is 0 Å². The van der Waals surface area contributed by atoms with Crippen LogP contribution in [0.5, 0.6) is 0 Å². The van der Waals surface area contributed by atoms with Gasteiger partial charge in [0.2, 0.25) is 5.91 Å². The van der Waals surface area contributed by atoms with Gasteiger partial charge in [0.1, 0.15) is 0 Å². The Kier molecular flexibility index (Phi) is 5.22. The third-order valence-electron chi connectivity index (χ3n) is 4.94. The molecule has 0 aliphatic heterocycles. The Morgan fingerprint density at radius 3 is 2.42 bits per heavy atom. The molecule has 1 amide bonds. The van der Waals surface area contributed by atoms with Crippen molar-refractivity contribution in [2.24, 2.45) is 17.6 Å². The predicted molar refractivity (Wildman–Crippen MR) is 77.8 cm³/mol. The summed E-state index contributed by atoms with van der Waals surface area (Å²) in [5, 5.41) is 3.14. The van der Waals surface area contributed by atoms with E-state index in [1.54, 1.807) is 0 Å². The molecule has 1 atom stereocenters. The molecule has 0 aromatic rings. The zero-order valence-electron chi connectivity index (χ0n) is 12.4. The summed E-state index contributed by atoms with van der Waals surface area (Å²) >= 11 is 0. The molecule has 2 saturated carbocycles. The van der Waals surface area contributed by atoms with Crippen LogP contribution < -0.4 is 11.1 Å². The topological polar surface area (TPSA) is 58.4 Å². The number of hydrogen-bond acceptors (Lipinski definition) is 3. The highest BCUT2D eigenvalue weighted by Gasteiger charge is 2.30. The van der Waals surface area contributed by atoms with E-state index < -0.39 is 0 Å². The fraction of sp³-hybridized carbons (Fsp3) is 0.933. The third-order valence-corrected chi connectivity index (χ3v) is 4.94. The summed E-state index contributed by atoms with van der Waals surface area (Å²) in [5.41, 5.74) is 5.68. The van der Waals surface area contributed by atoms with Gasteiger partial charge >= 0.3 is 0 Å². The van der Waals surface area contributed by atoms with Crippen LogP contribution in [0.2, 0.25) is 0 Å². The average molecular weight is 267 g/mol. The Bertz CT molecular complexity index is 296. The molecule has 2 aliphatic rings. The number of rotatable bonds is 6. The largest absolute Gasteiger partial charge is 0.354 e. The summed E-state index contributed by atoms with van der Waals surface area (Å²) in [6, 6.07) is 1.20. The van der Waals surface area contributed by atoms with Crippen molar-refractivity contribution < 1.29 is 4.79 Å². The van der Waals surface area contributed by atoms with E-state index in [0.717, 1.165) is 44.8 Å². The van der Waals surface area contributed by atoms with Gasteiger partial charge in [0, 0.05) is 24.5 Å². The van der Waals surface area contributed by atoms with Crippen LogP contribution in [0.4, 0.5) is 0 Å². The van der Waals surface area contributed by atoms with Crippen molar-refractivity contribution in [3.8, 4) is 0 Å². The molecule has 2 rings (SSSR count). The maximum Gasteiger partial charge on any atom is 0.223 e. The normalized spacial score (nSPS) is 29.3. The Morgan fingerprint density at radius 2 is 1.89 bits per heavy atom. The number of carbonyl (C=O) groups excluding carboxylic acids is 1. The van der Waals surface area contributed by atoms with Gasteiger partial charge in [-0.2, -0.15) is 0 Å². The molecule has 19 heavy (non-hydrogen) atoms. The molecule has 110 valence electrons. The number of nitrogens with two attached hydrogens (primary N) is 1. The van der Waals surface area contributed by atoms with Crippen LogP contribution >= 0.6 is 0 Å². The van der Waals surface area contributed by atoms with Crippen LogP contribution in [-0.2, 0) is 4.79 Å². The van der Waals surface area contributed by atoms with Crippen molar-refractivity contribution >= 4 is 5.91 Å². The van der Waals surface area contributed by atoms with Crippen LogP contribution in [-0.4, -0.2) is 43.0 Å². The van der Waals surface area contributed by atoms with Crippen molar-refractivity contribution in [1.82, 2.24) is 10.2 Å². The second-order valence-corrected chi connectivity index (χ2v) is 6.44. The first kappa shape index (κ1) is 14.8. The lowest BCUT2D eigenvalue weighted by molar-refractivity contribution is -0.126. The molecule has 0 bridgehead atoms. The lowest BCUT2D eigenvalue weighted by atomic mass is 9.81. The molecule has 2 fully saturated rings. The molecular weight excluding hydrogens is 238 g/mol. The van der Waals surface area contributed by atoms with E-state index in [-0.39, 0.29) is 11.8 Å². The minimum atomic E-state index is 0.223. The molecule has 1 unspecified atom stereocenters. The number of carbonyl (C=O) groups is 1. The minimum absolute atomic E-state index is 0.223. The summed E-state index contributed by atoms with van der Waals surface area (Å²) in [6.07, 6.45) is 6.90. The summed E-state index contributed by atoms with van der Waals surface area (Å²) in [5.74, 6) is 1.12. The fourth-order valence-corrected chi connectivity index (χ4v) is 3.04. The monoisotopic (exact) mass is 267 g/mol. The highest BCUT2D eigenvalue weighted by Crippen LogP contribution is 2.28. The lowest BCUT2D eigenvalue weighted by Gasteiger charge is -2.29. The molecule has 0 spiro atoms. The highest BCUT2D eigenvalue weighted by molar-refractivity contribution is 5.78. The first-order valence-corrected chi connectivity index (χ1v) is 7.81. The van der Waals surface area contributed by atoms with E-state index in [2.05, 4.69) is 24.2 Å². The van der Waals surface area contributed by atoms with E-state index in [4.69, 9.17) is 5.73 Å². The number of hydrogen-bond donors (Lipinski definition) is 2. The first-order valence-electron chi connectivity index (χ1n) is 7.81. The molecule has 0 saturated heterocycles. The van der Waals surface area contributed by atoms with E-state index in [9.17, 15) is 4.79 Å². The second kappa shape index (κ2) is 6.71. The molecule has 2 aliphatic carbocycles. The Balaban J connectivity index is 1.66. The second-order valence-electron chi connectivity index (χ2n) is 6.44. The van der Waals surface area contributed by atoms with Gasteiger partial charge in [0.05, 0.1) is 0 Å². The maximum atomic E-state index is 12.1. The molecule has 4 nitrogen and oxygen atoms in total. The van der Waals surface area contributed by atoms with Crippen LogP contribution in [0, 0.1) is 11.8 Å². The third kappa shape index (κ3) is 4.18. The van der Waals surface area contributed by atoms with Gasteiger partial charge in [-0.05, 0) is 65.0 Å². The first-order chi connectivity index (χ1) is 9.11. The Labute approximate surface area is 117 Å². The summed E-state index contributed by atoms with van der Waals surface area (Å²) in [7, 11) is 2.17. The SMILES string of the molecule is CC(CNC(=O)C1CCC(CN)CC1)N(C)C1CC1. The standard InChI is InChI=1S/C15H29N3O/c1-11(18(2)14-7-8-14)10-17-15(19)13-5-3-12(9-16)4-6-13/h11-14H,3-10,16H2,1-2H3,(H,17,19). The minimum Gasteiger partial charge on any atom is -0.354 e. The van der Waals surface area contributed by atoms with Crippen molar-refractivity contribution in [3.63, 3.8) is 0 Å². The van der Waals surface area contributed by atoms with Crippen LogP contribution in [0.25, 0.3) is 0 Å². The van der Waals surface area contributed by atoms with Gasteiger partial charge in [-0.1, -0.05) is 0 Å². The molecule has 0 aromatic carbocycles. The van der Waals surface area contributed by atoms with Crippen molar-refractivity contribution in [2.75, 3.05) is 20.1 Å². The van der Waals surface area contributed by atoms with Gasteiger partial charge in [-0.25, -0.2) is 0 Å². The zero-order chi connectivity index (χ0) is 13.8. The van der Waals surface area contributed by atoms with E-state index in [1.807, 2.05) is 0 Å². The van der Waals surface area contributed by atoms with Crippen molar-refractivity contribution in [2.45, 2.75) is 57.5 Å². The van der Waals surface area contributed by atoms with E-state index in [0.29, 0.717) is 12.0 Å². The molecule has 4 heteroatoms. The maximum absolute atomic E-state index is 12.1. The van der Waals surface area contributed by atoms with Crippen molar-refractivity contribution in [1.29, 1.82) is 0 Å². The lowest BCUT2D eigenvalue weighted by Crippen LogP contribution is -2.43. The fourth-order valence-electron chi connectivity index (χ4n) is 3.04. The molecule has 0 heterocycles. The number of amides is 1. The highest BCUT2D eigenvalue weighted by atomic mass is 16.1. The van der Waals surface area contributed by atoms with E-state index >= 15 is 0 Å². The summed E-state index contributed by atoms with van der Waals surface area (Å²) in [4.78, 5) is 14.5. The quantitative estimate of drug-likeness (QED) is 0.764. The Morgan fingerprint density at radius 1 is 1.26 bits per heavy atom. The molecule has 0 radical (unpaired) electrons. The molecular formula is C15H29N3O. The van der Waals surface area contributed by atoms with E-state index in [1.165, 1.54) is 12.8 Å². The van der Waals surface area contributed by atoms with Gasteiger partial charge in [0.25, 0.3) is 0 Å². The van der Waals surface area contributed by atoms with Gasteiger partial charge in [-0.3, -0.25) is 9.69 Å². The average Bonchev–Trinajstić information content (AvgIpc) is 3.28. The smallest absolute Gasteiger partial charge is 0.223 e. The van der Waals surface area contributed by atoms with Crippen LogP contribution in [0.3, 0.4) is 0 Å². The van der Waals surface area contributed by atoms with Gasteiger partial charge in [0.15, 0.2) is 0 Å². The van der Waals surface area contributed by atoms with Gasteiger partial charge < -0.3 is 11.1 Å². The van der Waals surface area contributed by atoms with Crippen molar-refractivity contribution in [3.05, 3.63) is 0 Å². The summed E-state index contributed by atoms with van der Waals surface area (Å²) in [6.45, 7) is 3.75. The van der Waals surface area contributed by atoms with Gasteiger partial charge in [-0.15, -0.1) is 0 Å². The number of nitrogens with zero attached hydrogens (tertiary/aromatic N) is 1. The number of nitrogens with one attached hydrogen (secondary N) is 1. The molecule has 3 N–H and O–H groups in total. The zero-order valence-corrected chi connectivity index (χ0v) is 12.4. The number of likely N-dealkylation sites (N-methyl/N-ethyl adjacent to an activating group) is 1. The predicted octanol–water partition coefficient (Wildman–Crippen LogP) is 1.35. The summed E-state index contributed by atoms with van der Waals surface area (Å²) < 4.78 is 0. The van der Waals surface area contributed by atoms with Crippen LogP contribution in [0.1, 0.15) is 45.4 Å².